The summed E-state index contributed by atoms with van der Waals surface area (Å²) in [4.78, 5) is 24.9. The zero-order valence-corrected chi connectivity index (χ0v) is 22.8. The topological polar surface area (TPSA) is 74.1 Å². The summed E-state index contributed by atoms with van der Waals surface area (Å²) < 4.78 is 7.89. The SMILES string of the molecule is CCc1ccc(-c2cn([C@H]3CC(=O)C[C@@H]4CC[C@H]5[C@@H]6CC[C@H](OC(C)=O)[C@@]6(C)CC[C@@H]5[C@]43C)nn2)cc1. The maximum atomic E-state index is 13.0. The molecule has 0 aliphatic heterocycles. The number of hydrogen-bond acceptors (Lipinski definition) is 5. The molecule has 4 saturated carbocycles. The first-order chi connectivity index (χ1) is 17.7. The smallest absolute Gasteiger partial charge is 0.302 e. The molecule has 6 heteroatoms. The van der Waals surface area contributed by atoms with E-state index in [-0.39, 0.29) is 28.9 Å². The van der Waals surface area contributed by atoms with Gasteiger partial charge >= 0.3 is 5.97 Å². The molecule has 0 amide bonds. The van der Waals surface area contributed by atoms with Crippen molar-refractivity contribution in [2.45, 2.75) is 97.6 Å². The Balaban J connectivity index is 1.32. The standard InChI is InChI=1S/C31H41N3O3/c1-5-20-6-8-21(9-7-20)27-18-34(33-32-27)28-17-23(36)16-22-10-11-24-25-12-13-29(37-19(2)35)30(25,3)15-14-26(24)31(22,28)4/h6-9,18,22,24-26,28-29H,5,10-17H2,1-4H3/t22-,24-,25-,26-,28-,29-,30-,31-/m0/s1. The Kier molecular flexibility index (Phi) is 6.08. The molecule has 198 valence electrons. The largest absolute Gasteiger partial charge is 0.462 e. The zero-order valence-electron chi connectivity index (χ0n) is 22.8. The quantitative estimate of drug-likeness (QED) is 0.464. The van der Waals surface area contributed by atoms with Gasteiger partial charge in [-0.1, -0.05) is 50.3 Å². The van der Waals surface area contributed by atoms with E-state index in [2.05, 4.69) is 61.5 Å². The molecule has 4 aliphatic rings. The van der Waals surface area contributed by atoms with Gasteiger partial charge in [-0.25, -0.2) is 4.68 Å². The van der Waals surface area contributed by atoms with Gasteiger partial charge in [-0.2, -0.15) is 0 Å². The number of carbonyl (C=O) groups is 2. The summed E-state index contributed by atoms with van der Waals surface area (Å²) in [6, 6.07) is 8.61. The van der Waals surface area contributed by atoms with Crippen molar-refractivity contribution in [1.29, 1.82) is 0 Å². The van der Waals surface area contributed by atoms with E-state index in [0.29, 0.717) is 42.3 Å². The molecule has 4 fully saturated rings. The van der Waals surface area contributed by atoms with E-state index < -0.39 is 0 Å². The van der Waals surface area contributed by atoms with Crippen molar-refractivity contribution in [2.75, 3.05) is 0 Å². The molecular weight excluding hydrogens is 462 g/mol. The van der Waals surface area contributed by atoms with Crippen molar-refractivity contribution in [3.05, 3.63) is 36.0 Å². The zero-order chi connectivity index (χ0) is 25.9. The fraction of sp³-hybridized carbons (Fsp3) is 0.677. The van der Waals surface area contributed by atoms with Gasteiger partial charge in [0.25, 0.3) is 0 Å². The number of hydrogen-bond donors (Lipinski definition) is 0. The van der Waals surface area contributed by atoms with Gasteiger partial charge in [0.05, 0.1) is 12.2 Å². The normalized spacial score (nSPS) is 39.0. The third-order valence-electron chi connectivity index (χ3n) is 11.3. The number of rotatable bonds is 4. The number of aryl methyl sites for hydroxylation is 1. The Morgan fingerprint density at radius 1 is 1.05 bits per heavy atom. The first-order valence-electron chi connectivity index (χ1n) is 14.4. The highest BCUT2D eigenvalue weighted by atomic mass is 16.5. The van der Waals surface area contributed by atoms with Gasteiger partial charge in [-0.3, -0.25) is 9.59 Å². The average molecular weight is 504 g/mol. The van der Waals surface area contributed by atoms with Crippen LogP contribution in [0.25, 0.3) is 11.3 Å². The van der Waals surface area contributed by atoms with E-state index in [1.807, 2.05) is 4.68 Å². The molecular formula is C31H41N3O3. The Morgan fingerprint density at radius 3 is 2.57 bits per heavy atom. The highest BCUT2D eigenvalue weighted by Gasteiger charge is 2.63. The number of aromatic nitrogens is 3. The van der Waals surface area contributed by atoms with Gasteiger partial charge in [0.1, 0.15) is 17.6 Å². The number of benzene rings is 1. The van der Waals surface area contributed by atoms with Crippen molar-refractivity contribution in [1.82, 2.24) is 15.0 Å². The van der Waals surface area contributed by atoms with Crippen LogP contribution in [-0.4, -0.2) is 32.9 Å². The van der Waals surface area contributed by atoms with Crippen molar-refractivity contribution < 1.29 is 14.3 Å². The molecule has 1 aromatic carbocycles. The van der Waals surface area contributed by atoms with E-state index in [1.165, 1.54) is 12.0 Å². The maximum absolute atomic E-state index is 13.0. The minimum absolute atomic E-state index is 0.00865. The summed E-state index contributed by atoms with van der Waals surface area (Å²) in [6.45, 7) is 8.54. The van der Waals surface area contributed by atoms with E-state index >= 15 is 0 Å². The Hall–Kier alpha value is -2.50. The van der Waals surface area contributed by atoms with Gasteiger partial charge in [0, 0.05) is 30.7 Å². The van der Waals surface area contributed by atoms with Gasteiger partial charge in [-0.15, -0.1) is 5.10 Å². The molecule has 0 saturated heterocycles. The summed E-state index contributed by atoms with van der Waals surface area (Å²) in [5.74, 6) is 2.35. The molecule has 4 aliphatic carbocycles. The highest BCUT2D eigenvalue weighted by molar-refractivity contribution is 5.80. The predicted octanol–water partition coefficient (Wildman–Crippen LogP) is 6.20. The van der Waals surface area contributed by atoms with Crippen molar-refractivity contribution in [3.8, 4) is 11.3 Å². The molecule has 37 heavy (non-hydrogen) atoms. The average Bonchev–Trinajstić information content (AvgIpc) is 3.49. The predicted molar refractivity (Wildman–Crippen MR) is 142 cm³/mol. The van der Waals surface area contributed by atoms with Crippen LogP contribution in [0.1, 0.15) is 90.7 Å². The molecule has 0 bridgehead atoms. The van der Waals surface area contributed by atoms with Gasteiger partial charge in [0.2, 0.25) is 0 Å². The lowest BCUT2D eigenvalue weighted by atomic mass is 9.44. The number of nitrogens with zero attached hydrogens (tertiary/aromatic N) is 3. The van der Waals surface area contributed by atoms with Crippen LogP contribution >= 0.6 is 0 Å². The van der Waals surface area contributed by atoms with Crippen molar-refractivity contribution in [3.63, 3.8) is 0 Å². The number of carbonyl (C=O) groups excluding carboxylic acids is 2. The third kappa shape index (κ3) is 3.88. The van der Waals surface area contributed by atoms with Gasteiger partial charge < -0.3 is 4.74 Å². The molecule has 0 N–H and O–H groups in total. The molecule has 8 atom stereocenters. The number of ketones is 1. The van der Waals surface area contributed by atoms with Crippen LogP contribution in [0.2, 0.25) is 0 Å². The lowest BCUT2D eigenvalue weighted by Crippen LogP contribution is -2.57. The molecule has 1 aromatic heterocycles. The summed E-state index contributed by atoms with van der Waals surface area (Å²) >= 11 is 0. The van der Waals surface area contributed by atoms with Crippen molar-refractivity contribution in [2.24, 2.45) is 34.5 Å². The lowest BCUT2D eigenvalue weighted by Gasteiger charge is -2.62. The van der Waals surface area contributed by atoms with Crippen LogP contribution in [0.3, 0.4) is 0 Å². The van der Waals surface area contributed by atoms with Crippen LogP contribution in [0.5, 0.6) is 0 Å². The van der Waals surface area contributed by atoms with E-state index in [1.54, 1.807) is 6.92 Å². The van der Waals surface area contributed by atoms with Crippen LogP contribution in [0.4, 0.5) is 0 Å². The Morgan fingerprint density at radius 2 is 1.84 bits per heavy atom. The third-order valence-corrected chi connectivity index (χ3v) is 11.3. The Bertz CT molecular complexity index is 1190. The summed E-state index contributed by atoms with van der Waals surface area (Å²) in [5, 5.41) is 9.22. The van der Waals surface area contributed by atoms with Crippen LogP contribution < -0.4 is 0 Å². The summed E-state index contributed by atoms with van der Waals surface area (Å²) in [7, 11) is 0. The highest BCUT2D eigenvalue weighted by Crippen LogP contribution is 2.68. The molecule has 6 nitrogen and oxygen atoms in total. The second-order valence-corrected chi connectivity index (χ2v) is 12.8. The van der Waals surface area contributed by atoms with Crippen molar-refractivity contribution >= 4 is 11.8 Å². The van der Waals surface area contributed by atoms with E-state index in [9.17, 15) is 9.59 Å². The van der Waals surface area contributed by atoms with Gasteiger partial charge in [0.15, 0.2) is 0 Å². The molecule has 0 unspecified atom stereocenters. The summed E-state index contributed by atoms with van der Waals surface area (Å²) in [5.41, 5.74) is 3.34. The number of ether oxygens (including phenoxy) is 1. The number of fused-ring (bicyclic) bond motifs is 5. The first kappa shape index (κ1) is 24.8. The molecule has 0 spiro atoms. The fourth-order valence-corrected chi connectivity index (χ4v) is 9.30. The summed E-state index contributed by atoms with van der Waals surface area (Å²) in [6.07, 6.45) is 11.0. The number of esters is 1. The maximum Gasteiger partial charge on any atom is 0.302 e. The number of Topliss-reactive ketones (excluding diaryl/α,β-unsaturated/α-hetero) is 1. The second-order valence-electron chi connectivity index (χ2n) is 12.8. The molecule has 0 radical (unpaired) electrons. The molecule has 2 aromatic rings. The van der Waals surface area contributed by atoms with Crippen LogP contribution in [0.15, 0.2) is 30.5 Å². The van der Waals surface area contributed by atoms with Gasteiger partial charge in [-0.05, 0) is 79.6 Å². The minimum Gasteiger partial charge on any atom is -0.462 e. The Labute approximate surface area is 220 Å². The monoisotopic (exact) mass is 503 g/mol. The first-order valence-corrected chi connectivity index (χ1v) is 14.4. The van der Waals surface area contributed by atoms with E-state index in [4.69, 9.17) is 4.74 Å². The van der Waals surface area contributed by atoms with Crippen LogP contribution in [-0.2, 0) is 20.7 Å². The molecule has 6 rings (SSSR count). The lowest BCUT2D eigenvalue weighted by molar-refractivity contribution is -0.167. The molecule has 1 heterocycles. The van der Waals surface area contributed by atoms with Crippen LogP contribution in [0, 0.1) is 34.5 Å². The fourth-order valence-electron chi connectivity index (χ4n) is 9.30. The van der Waals surface area contributed by atoms with E-state index in [0.717, 1.165) is 49.8 Å². The minimum atomic E-state index is -0.151. The second kappa shape index (κ2) is 9.06.